The SMILES string of the molecule is C=C(C)CNCc1cc(OC)ccc1OC. The summed E-state index contributed by atoms with van der Waals surface area (Å²) in [4.78, 5) is 0. The van der Waals surface area contributed by atoms with Crippen molar-refractivity contribution in [2.45, 2.75) is 13.5 Å². The molecule has 0 spiro atoms. The summed E-state index contributed by atoms with van der Waals surface area (Å²) >= 11 is 0. The molecule has 0 aliphatic carbocycles. The fraction of sp³-hybridized carbons (Fsp3) is 0.385. The normalized spacial score (nSPS) is 9.94. The van der Waals surface area contributed by atoms with Crippen LogP contribution >= 0.6 is 0 Å². The zero-order valence-corrected chi connectivity index (χ0v) is 10.2. The molecule has 16 heavy (non-hydrogen) atoms. The van der Waals surface area contributed by atoms with Crippen molar-refractivity contribution in [1.82, 2.24) is 5.32 Å². The van der Waals surface area contributed by atoms with Crippen molar-refractivity contribution in [3.63, 3.8) is 0 Å². The first-order chi connectivity index (χ1) is 7.67. The molecule has 1 rings (SSSR count). The van der Waals surface area contributed by atoms with Crippen molar-refractivity contribution in [3.8, 4) is 11.5 Å². The van der Waals surface area contributed by atoms with Crippen LogP contribution in [0, 0.1) is 0 Å². The van der Waals surface area contributed by atoms with E-state index in [1.54, 1.807) is 14.2 Å². The summed E-state index contributed by atoms with van der Waals surface area (Å²) in [5.41, 5.74) is 2.20. The van der Waals surface area contributed by atoms with Crippen LogP contribution < -0.4 is 14.8 Å². The van der Waals surface area contributed by atoms with Crippen molar-refractivity contribution in [1.29, 1.82) is 0 Å². The molecule has 0 saturated carbocycles. The highest BCUT2D eigenvalue weighted by Crippen LogP contribution is 2.23. The molecule has 1 aromatic rings. The topological polar surface area (TPSA) is 30.5 Å². The summed E-state index contributed by atoms with van der Waals surface area (Å²) in [6.45, 7) is 7.39. The van der Waals surface area contributed by atoms with Gasteiger partial charge in [0.2, 0.25) is 0 Å². The molecular weight excluding hydrogens is 202 g/mol. The van der Waals surface area contributed by atoms with Crippen LogP contribution in [0.2, 0.25) is 0 Å². The molecule has 0 aliphatic heterocycles. The fourth-order valence-corrected chi connectivity index (χ4v) is 1.43. The molecule has 0 heterocycles. The maximum absolute atomic E-state index is 5.28. The molecular formula is C13H19NO2. The molecule has 0 fully saturated rings. The summed E-state index contributed by atoms with van der Waals surface area (Å²) in [6, 6.07) is 5.78. The summed E-state index contributed by atoms with van der Waals surface area (Å²) in [5.74, 6) is 1.71. The van der Waals surface area contributed by atoms with Crippen LogP contribution in [-0.2, 0) is 6.54 Å². The zero-order valence-electron chi connectivity index (χ0n) is 10.2. The number of benzene rings is 1. The third kappa shape index (κ3) is 3.59. The van der Waals surface area contributed by atoms with E-state index in [4.69, 9.17) is 9.47 Å². The van der Waals surface area contributed by atoms with Gasteiger partial charge in [0, 0.05) is 18.7 Å². The first-order valence-corrected chi connectivity index (χ1v) is 5.23. The summed E-state index contributed by atoms with van der Waals surface area (Å²) in [7, 11) is 3.33. The molecule has 0 atom stereocenters. The minimum atomic E-state index is 0.743. The van der Waals surface area contributed by atoms with Gasteiger partial charge in [-0.25, -0.2) is 0 Å². The zero-order chi connectivity index (χ0) is 12.0. The molecule has 3 heteroatoms. The highest BCUT2D eigenvalue weighted by Gasteiger charge is 2.04. The Kier molecular flexibility index (Phi) is 4.86. The van der Waals surface area contributed by atoms with Gasteiger partial charge in [-0.05, 0) is 25.1 Å². The largest absolute Gasteiger partial charge is 0.497 e. The lowest BCUT2D eigenvalue weighted by Gasteiger charge is -2.11. The summed E-state index contributed by atoms with van der Waals surface area (Å²) in [5, 5.41) is 3.29. The van der Waals surface area contributed by atoms with Crippen molar-refractivity contribution in [3.05, 3.63) is 35.9 Å². The molecule has 1 N–H and O–H groups in total. The van der Waals surface area contributed by atoms with Crippen LogP contribution in [-0.4, -0.2) is 20.8 Å². The molecule has 88 valence electrons. The molecule has 0 bridgehead atoms. The Morgan fingerprint density at radius 2 is 2.06 bits per heavy atom. The minimum Gasteiger partial charge on any atom is -0.497 e. The van der Waals surface area contributed by atoms with Gasteiger partial charge in [0.15, 0.2) is 0 Å². The third-order valence-electron chi connectivity index (χ3n) is 2.23. The van der Waals surface area contributed by atoms with Gasteiger partial charge in [0.1, 0.15) is 11.5 Å². The predicted molar refractivity (Wildman–Crippen MR) is 66.1 cm³/mol. The Morgan fingerprint density at radius 3 is 2.62 bits per heavy atom. The molecule has 1 aromatic carbocycles. The lowest BCUT2D eigenvalue weighted by atomic mass is 10.2. The van der Waals surface area contributed by atoms with Crippen LogP contribution in [0.1, 0.15) is 12.5 Å². The average molecular weight is 221 g/mol. The Balaban J connectivity index is 2.71. The minimum absolute atomic E-state index is 0.743. The van der Waals surface area contributed by atoms with Crippen LogP contribution in [0.5, 0.6) is 11.5 Å². The maximum atomic E-state index is 5.28. The van der Waals surface area contributed by atoms with Crippen LogP contribution in [0.15, 0.2) is 30.4 Å². The van der Waals surface area contributed by atoms with Crippen molar-refractivity contribution in [2.24, 2.45) is 0 Å². The highest BCUT2D eigenvalue weighted by molar-refractivity contribution is 5.40. The maximum Gasteiger partial charge on any atom is 0.123 e. The summed E-state index contributed by atoms with van der Waals surface area (Å²) in [6.07, 6.45) is 0. The van der Waals surface area contributed by atoms with E-state index >= 15 is 0 Å². The molecule has 0 aromatic heterocycles. The van der Waals surface area contributed by atoms with E-state index < -0.39 is 0 Å². The third-order valence-corrected chi connectivity index (χ3v) is 2.23. The number of rotatable bonds is 6. The molecule has 0 saturated heterocycles. The van der Waals surface area contributed by atoms with Gasteiger partial charge in [-0.3, -0.25) is 0 Å². The smallest absolute Gasteiger partial charge is 0.123 e. The molecule has 0 unspecified atom stereocenters. The number of nitrogens with one attached hydrogen (secondary N) is 1. The second kappa shape index (κ2) is 6.18. The first-order valence-electron chi connectivity index (χ1n) is 5.23. The van der Waals surface area contributed by atoms with Crippen molar-refractivity contribution in [2.75, 3.05) is 20.8 Å². The Hall–Kier alpha value is -1.48. The average Bonchev–Trinajstić information content (AvgIpc) is 2.28. The van der Waals surface area contributed by atoms with Gasteiger partial charge in [0.25, 0.3) is 0 Å². The molecule has 3 nitrogen and oxygen atoms in total. The lowest BCUT2D eigenvalue weighted by Crippen LogP contribution is -2.15. The van der Waals surface area contributed by atoms with E-state index in [1.165, 1.54) is 0 Å². The van der Waals surface area contributed by atoms with E-state index in [0.717, 1.165) is 35.7 Å². The van der Waals surface area contributed by atoms with E-state index in [1.807, 2.05) is 25.1 Å². The Bertz CT molecular complexity index is 361. The highest BCUT2D eigenvalue weighted by atomic mass is 16.5. The second-order valence-corrected chi connectivity index (χ2v) is 3.74. The molecule has 0 aliphatic rings. The van der Waals surface area contributed by atoms with E-state index in [9.17, 15) is 0 Å². The van der Waals surface area contributed by atoms with Crippen LogP contribution in [0.25, 0.3) is 0 Å². The van der Waals surface area contributed by atoms with Gasteiger partial charge in [-0.1, -0.05) is 12.2 Å². The number of hydrogen-bond acceptors (Lipinski definition) is 3. The second-order valence-electron chi connectivity index (χ2n) is 3.74. The number of hydrogen-bond donors (Lipinski definition) is 1. The van der Waals surface area contributed by atoms with E-state index in [-0.39, 0.29) is 0 Å². The Labute approximate surface area is 97.1 Å². The molecule has 0 amide bonds. The monoisotopic (exact) mass is 221 g/mol. The van der Waals surface area contributed by atoms with Crippen LogP contribution in [0.4, 0.5) is 0 Å². The van der Waals surface area contributed by atoms with Gasteiger partial charge in [-0.15, -0.1) is 0 Å². The van der Waals surface area contributed by atoms with Crippen molar-refractivity contribution < 1.29 is 9.47 Å². The first kappa shape index (κ1) is 12.6. The van der Waals surface area contributed by atoms with Crippen LogP contribution in [0.3, 0.4) is 0 Å². The van der Waals surface area contributed by atoms with Crippen molar-refractivity contribution >= 4 is 0 Å². The van der Waals surface area contributed by atoms with E-state index in [2.05, 4.69) is 11.9 Å². The molecule has 0 radical (unpaired) electrons. The van der Waals surface area contributed by atoms with Gasteiger partial charge < -0.3 is 14.8 Å². The van der Waals surface area contributed by atoms with Gasteiger partial charge >= 0.3 is 0 Å². The van der Waals surface area contributed by atoms with E-state index in [0.29, 0.717) is 0 Å². The predicted octanol–water partition coefficient (Wildman–Crippen LogP) is 2.37. The number of ether oxygens (including phenoxy) is 2. The lowest BCUT2D eigenvalue weighted by molar-refractivity contribution is 0.397. The number of methoxy groups -OCH3 is 2. The quantitative estimate of drug-likeness (QED) is 0.748. The standard InChI is InChI=1S/C13H19NO2/c1-10(2)8-14-9-11-7-12(15-3)5-6-13(11)16-4/h5-7,14H,1,8-9H2,2-4H3. The summed E-state index contributed by atoms with van der Waals surface area (Å²) < 4.78 is 10.5. The Morgan fingerprint density at radius 1 is 1.31 bits per heavy atom. The fourth-order valence-electron chi connectivity index (χ4n) is 1.43. The van der Waals surface area contributed by atoms with Gasteiger partial charge in [-0.2, -0.15) is 0 Å². The van der Waals surface area contributed by atoms with Gasteiger partial charge in [0.05, 0.1) is 14.2 Å².